The Balaban J connectivity index is 1.82. The number of nitrogens with one attached hydrogen (secondary N) is 5. The summed E-state index contributed by atoms with van der Waals surface area (Å²) in [4.78, 5) is 65.5. The molecule has 1 fully saturated rings. The van der Waals surface area contributed by atoms with Gasteiger partial charge in [0.2, 0.25) is 17.7 Å². The number of carboxylic acids is 2. The summed E-state index contributed by atoms with van der Waals surface area (Å²) in [7, 11) is 0. The van der Waals surface area contributed by atoms with Crippen LogP contribution in [0.3, 0.4) is 0 Å². The number of carboxylic acid groups (broad SMARTS) is 2. The number of carbonyl (C=O) groups is 5. The van der Waals surface area contributed by atoms with Crippen LogP contribution < -0.4 is 21.3 Å². The van der Waals surface area contributed by atoms with E-state index >= 15 is 0 Å². The average Bonchev–Trinajstić information content (AvgIpc) is 3.59. The fraction of sp³-hybridized carbons (Fsp3) is 0.500. The lowest BCUT2D eigenvalue weighted by molar-refractivity contribution is -0.142. The number of fused-ring (bicyclic) bond motifs is 1. The van der Waals surface area contributed by atoms with E-state index in [1.165, 1.54) is 11.8 Å². The molecular formula is C26H35N5O7S. The van der Waals surface area contributed by atoms with Crippen molar-refractivity contribution in [2.75, 3.05) is 18.6 Å². The van der Waals surface area contributed by atoms with Crippen LogP contribution >= 0.6 is 11.8 Å². The largest absolute Gasteiger partial charge is 0.481 e. The Kier molecular flexibility index (Phi) is 11.2. The van der Waals surface area contributed by atoms with Crippen LogP contribution in [0.1, 0.15) is 37.7 Å². The first-order valence-electron chi connectivity index (χ1n) is 12.8. The van der Waals surface area contributed by atoms with E-state index in [9.17, 15) is 34.2 Å². The second kappa shape index (κ2) is 14.5. The van der Waals surface area contributed by atoms with E-state index < -0.39 is 53.8 Å². The predicted molar refractivity (Wildman–Crippen MR) is 146 cm³/mol. The van der Waals surface area contributed by atoms with Crippen molar-refractivity contribution in [3.05, 3.63) is 36.0 Å². The lowest BCUT2D eigenvalue weighted by Gasteiger charge is -2.25. The molecule has 0 bridgehead atoms. The maximum atomic E-state index is 13.4. The Morgan fingerprint density at radius 3 is 2.38 bits per heavy atom. The van der Waals surface area contributed by atoms with Gasteiger partial charge in [-0.15, -0.1) is 0 Å². The van der Waals surface area contributed by atoms with Gasteiger partial charge in [0.1, 0.15) is 18.1 Å². The summed E-state index contributed by atoms with van der Waals surface area (Å²) in [6, 6.07) is 3.41. The summed E-state index contributed by atoms with van der Waals surface area (Å²) < 4.78 is 0. The second-order valence-electron chi connectivity index (χ2n) is 9.45. The molecule has 2 heterocycles. The van der Waals surface area contributed by atoms with Gasteiger partial charge in [0.15, 0.2) is 0 Å². The number of carbonyl (C=O) groups excluding carboxylic acids is 3. The van der Waals surface area contributed by atoms with E-state index in [4.69, 9.17) is 0 Å². The van der Waals surface area contributed by atoms with Gasteiger partial charge < -0.3 is 36.5 Å². The number of thioether (sulfide) groups is 1. The molecule has 1 aliphatic rings. The Morgan fingerprint density at radius 1 is 1.00 bits per heavy atom. The maximum Gasteiger partial charge on any atom is 0.326 e. The topological polar surface area (TPSA) is 190 Å². The van der Waals surface area contributed by atoms with E-state index in [0.29, 0.717) is 18.7 Å². The fourth-order valence-corrected chi connectivity index (χ4v) is 4.96. The minimum Gasteiger partial charge on any atom is -0.481 e. The molecule has 2 aromatic rings. The molecule has 1 saturated heterocycles. The first kappa shape index (κ1) is 30.0. The van der Waals surface area contributed by atoms with Crippen molar-refractivity contribution in [1.29, 1.82) is 0 Å². The highest BCUT2D eigenvalue weighted by molar-refractivity contribution is 7.98. The van der Waals surface area contributed by atoms with Crippen LogP contribution in [0.25, 0.3) is 10.9 Å². The Hall–Kier alpha value is -3.58. The van der Waals surface area contributed by atoms with Gasteiger partial charge in [-0.05, 0) is 55.9 Å². The minimum absolute atomic E-state index is 0.0419. The molecule has 13 heteroatoms. The van der Waals surface area contributed by atoms with Crippen molar-refractivity contribution in [2.45, 2.75) is 62.7 Å². The number of benzene rings is 1. The molecule has 0 spiro atoms. The van der Waals surface area contributed by atoms with Crippen molar-refractivity contribution in [1.82, 2.24) is 26.3 Å². The molecule has 1 aliphatic heterocycles. The molecule has 3 rings (SSSR count). The number of hydrogen-bond donors (Lipinski definition) is 7. The molecule has 3 amide bonds. The smallest absolute Gasteiger partial charge is 0.326 e. The minimum atomic E-state index is -1.19. The predicted octanol–water partition coefficient (Wildman–Crippen LogP) is 0.619. The number of hydrogen-bond acceptors (Lipinski definition) is 7. The normalized spacial score (nSPS) is 17.2. The number of amides is 3. The zero-order valence-electron chi connectivity index (χ0n) is 21.7. The average molecular weight is 562 g/mol. The first-order valence-corrected chi connectivity index (χ1v) is 14.2. The number of aromatic nitrogens is 1. The van der Waals surface area contributed by atoms with Crippen molar-refractivity contribution in [3.8, 4) is 0 Å². The fourth-order valence-electron chi connectivity index (χ4n) is 4.48. The zero-order chi connectivity index (χ0) is 28.4. The van der Waals surface area contributed by atoms with Gasteiger partial charge >= 0.3 is 11.9 Å². The second-order valence-corrected chi connectivity index (χ2v) is 10.4. The third-order valence-corrected chi connectivity index (χ3v) is 7.26. The maximum absolute atomic E-state index is 13.4. The van der Waals surface area contributed by atoms with Gasteiger partial charge in [-0.3, -0.25) is 19.2 Å². The van der Waals surface area contributed by atoms with Crippen LogP contribution in [-0.4, -0.2) is 87.6 Å². The summed E-state index contributed by atoms with van der Waals surface area (Å²) in [5.74, 6) is -3.65. The van der Waals surface area contributed by atoms with Crippen LogP contribution in [0.2, 0.25) is 0 Å². The van der Waals surface area contributed by atoms with Crippen LogP contribution in [0.4, 0.5) is 0 Å². The van der Waals surface area contributed by atoms with Crippen molar-refractivity contribution in [2.24, 2.45) is 0 Å². The molecule has 1 aromatic carbocycles. The third kappa shape index (κ3) is 8.72. The lowest BCUT2D eigenvalue weighted by atomic mass is 10.0. The van der Waals surface area contributed by atoms with E-state index in [0.717, 1.165) is 22.9 Å². The van der Waals surface area contributed by atoms with Crippen molar-refractivity contribution in [3.63, 3.8) is 0 Å². The Labute approximate surface area is 230 Å². The van der Waals surface area contributed by atoms with Crippen LogP contribution in [-0.2, 0) is 30.4 Å². The first-order chi connectivity index (χ1) is 18.7. The molecule has 1 aromatic heterocycles. The summed E-state index contributed by atoms with van der Waals surface area (Å²) in [6.45, 7) is 0.665. The molecule has 4 unspecified atom stereocenters. The molecule has 4 atom stereocenters. The number of aromatic amines is 1. The summed E-state index contributed by atoms with van der Waals surface area (Å²) in [6.07, 6.45) is 4.64. The van der Waals surface area contributed by atoms with E-state index in [1.807, 2.05) is 30.5 Å². The monoisotopic (exact) mass is 561 g/mol. The zero-order valence-corrected chi connectivity index (χ0v) is 22.5. The number of aliphatic carboxylic acids is 2. The summed E-state index contributed by atoms with van der Waals surface area (Å²) in [5.41, 5.74) is 1.56. The van der Waals surface area contributed by atoms with E-state index in [-0.39, 0.29) is 25.7 Å². The SMILES string of the molecule is CSCCC(NC(=O)C(Cc1c[nH]c2ccccc12)NC(=O)C(CCC(=O)O)NC(=O)C1CCCN1)C(=O)O. The van der Waals surface area contributed by atoms with Crippen LogP contribution in [0.5, 0.6) is 0 Å². The summed E-state index contributed by atoms with van der Waals surface area (Å²) in [5, 5.41) is 30.4. The van der Waals surface area contributed by atoms with Gasteiger partial charge in [0.05, 0.1) is 6.04 Å². The summed E-state index contributed by atoms with van der Waals surface area (Å²) >= 11 is 1.44. The van der Waals surface area contributed by atoms with E-state index in [2.05, 4.69) is 26.3 Å². The number of rotatable bonds is 15. The Morgan fingerprint density at radius 2 is 1.72 bits per heavy atom. The van der Waals surface area contributed by atoms with Crippen LogP contribution in [0.15, 0.2) is 30.5 Å². The molecular weight excluding hydrogens is 526 g/mol. The highest BCUT2D eigenvalue weighted by Gasteiger charge is 2.32. The quantitative estimate of drug-likeness (QED) is 0.163. The van der Waals surface area contributed by atoms with Crippen molar-refractivity contribution >= 4 is 52.3 Å². The standard InChI is InChI=1S/C26H35N5O7S/c1-39-12-10-20(26(37)38)30-25(36)21(13-15-14-28-17-6-3-2-5-16(15)17)31-24(35)19(8-9-22(32)33)29-23(34)18-7-4-11-27-18/h2-3,5-6,14,18-21,27-28H,4,7-13H2,1H3,(H,29,34)(H,30,36)(H,31,35)(H,32,33)(H,37,38). The van der Waals surface area contributed by atoms with Gasteiger partial charge in [-0.25, -0.2) is 4.79 Å². The molecule has 0 aliphatic carbocycles. The third-order valence-electron chi connectivity index (χ3n) is 6.61. The molecule has 12 nitrogen and oxygen atoms in total. The number of H-pyrrole nitrogens is 1. The molecule has 7 N–H and O–H groups in total. The van der Waals surface area contributed by atoms with E-state index in [1.54, 1.807) is 6.20 Å². The van der Waals surface area contributed by atoms with Gasteiger partial charge in [0.25, 0.3) is 0 Å². The Bertz CT molecular complexity index is 1180. The number of para-hydroxylation sites is 1. The van der Waals surface area contributed by atoms with Crippen LogP contribution in [0, 0.1) is 0 Å². The van der Waals surface area contributed by atoms with Gasteiger partial charge in [-0.1, -0.05) is 18.2 Å². The van der Waals surface area contributed by atoms with Gasteiger partial charge in [0, 0.05) is 29.9 Å². The molecule has 212 valence electrons. The molecule has 39 heavy (non-hydrogen) atoms. The highest BCUT2D eigenvalue weighted by Crippen LogP contribution is 2.19. The van der Waals surface area contributed by atoms with Crippen molar-refractivity contribution < 1.29 is 34.2 Å². The molecule has 0 saturated carbocycles. The highest BCUT2D eigenvalue weighted by atomic mass is 32.2. The van der Waals surface area contributed by atoms with Gasteiger partial charge in [-0.2, -0.15) is 11.8 Å². The lowest BCUT2D eigenvalue weighted by Crippen LogP contribution is -2.57. The molecule has 0 radical (unpaired) electrons.